The van der Waals surface area contributed by atoms with E-state index >= 15 is 0 Å². The Labute approximate surface area is 162 Å². The number of thiocarbonyl (C=S) groups is 1. The molecule has 136 valence electrons. The fourth-order valence-corrected chi connectivity index (χ4v) is 2.61. The molecule has 2 N–H and O–H groups in total. The quantitative estimate of drug-likeness (QED) is 0.357. The molecule has 0 aliphatic rings. The topological polar surface area (TPSA) is 76.4 Å². The molecule has 3 rings (SSSR count). The van der Waals surface area contributed by atoms with E-state index in [1.54, 1.807) is 12.1 Å². The Hall–Kier alpha value is -3.45. The summed E-state index contributed by atoms with van der Waals surface area (Å²) in [5, 5.41) is 17.2. The molecule has 0 radical (unpaired) electrons. The van der Waals surface area contributed by atoms with Gasteiger partial charge < -0.3 is 15.4 Å². The molecule has 3 aromatic rings. The van der Waals surface area contributed by atoms with Crippen molar-refractivity contribution in [1.29, 1.82) is 0 Å². The highest BCUT2D eigenvalue weighted by Gasteiger charge is 2.07. The number of rotatable bonds is 6. The Morgan fingerprint density at radius 3 is 2.30 bits per heavy atom. The van der Waals surface area contributed by atoms with E-state index in [-0.39, 0.29) is 5.69 Å². The number of nitro groups is 1. The lowest BCUT2D eigenvalue weighted by Crippen LogP contribution is -2.19. The van der Waals surface area contributed by atoms with Gasteiger partial charge in [0.1, 0.15) is 12.4 Å². The highest BCUT2D eigenvalue weighted by atomic mass is 32.1. The van der Waals surface area contributed by atoms with Crippen molar-refractivity contribution in [1.82, 2.24) is 0 Å². The number of hydrogen-bond acceptors (Lipinski definition) is 4. The van der Waals surface area contributed by atoms with E-state index in [9.17, 15) is 10.1 Å². The van der Waals surface area contributed by atoms with Crippen LogP contribution in [0, 0.1) is 10.1 Å². The van der Waals surface area contributed by atoms with Crippen LogP contribution < -0.4 is 15.4 Å². The molecule has 0 saturated heterocycles. The summed E-state index contributed by atoms with van der Waals surface area (Å²) in [6.45, 7) is 0.447. The molecule has 0 aliphatic heterocycles. The lowest BCUT2D eigenvalue weighted by atomic mass is 10.2. The number of non-ortho nitro benzene ring substituents is 1. The first kappa shape index (κ1) is 18.3. The largest absolute Gasteiger partial charge is 0.487 e. The van der Waals surface area contributed by atoms with Crippen LogP contribution in [0.5, 0.6) is 5.75 Å². The van der Waals surface area contributed by atoms with Crippen LogP contribution in [0.15, 0.2) is 78.9 Å². The number of nitrogens with one attached hydrogen (secondary N) is 2. The third-order valence-electron chi connectivity index (χ3n) is 3.71. The number of nitrogens with zero attached hydrogens (tertiary/aromatic N) is 1. The number of benzene rings is 3. The van der Waals surface area contributed by atoms with Crippen LogP contribution in [0.4, 0.5) is 17.1 Å². The molecule has 0 atom stereocenters. The van der Waals surface area contributed by atoms with Gasteiger partial charge in [-0.25, -0.2) is 0 Å². The molecular formula is C20H17N3O3S. The minimum atomic E-state index is -0.444. The highest BCUT2D eigenvalue weighted by Crippen LogP contribution is 2.25. The first-order valence-corrected chi connectivity index (χ1v) is 8.61. The maximum Gasteiger partial charge on any atom is 0.269 e. The summed E-state index contributed by atoms with van der Waals surface area (Å²) in [6, 6.07) is 23.4. The van der Waals surface area contributed by atoms with Crippen LogP contribution in [-0.2, 0) is 6.61 Å². The average molecular weight is 379 g/mol. The SMILES string of the molecule is O=[N+]([O-])c1ccc(NC(=S)Nc2ccccc2OCc2ccccc2)cc1. The molecule has 0 heterocycles. The summed E-state index contributed by atoms with van der Waals surface area (Å²) >= 11 is 5.33. The van der Waals surface area contributed by atoms with Crippen molar-refractivity contribution in [2.45, 2.75) is 6.61 Å². The van der Waals surface area contributed by atoms with Crippen LogP contribution in [-0.4, -0.2) is 10.0 Å². The predicted molar refractivity (Wildman–Crippen MR) is 110 cm³/mol. The smallest absolute Gasteiger partial charge is 0.269 e. The first-order chi connectivity index (χ1) is 13.1. The molecule has 0 spiro atoms. The molecule has 0 bridgehead atoms. The molecule has 6 nitrogen and oxygen atoms in total. The van der Waals surface area contributed by atoms with E-state index in [4.69, 9.17) is 17.0 Å². The standard InChI is InChI=1S/C20H17N3O3S/c24-23(25)17-12-10-16(11-13-17)21-20(27)22-18-8-4-5-9-19(18)26-14-15-6-2-1-3-7-15/h1-13H,14H2,(H2,21,22,27). The van der Waals surface area contributed by atoms with Gasteiger partial charge in [0.25, 0.3) is 5.69 Å². The van der Waals surface area contributed by atoms with Crippen molar-refractivity contribution in [3.8, 4) is 5.75 Å². The Morgan fingerprint density at radius 1 is 0.926 bits per heavy atom. The van der Waals surface area contributed by atoms with Crippen molar-refractivity contribution in [3.63, 3.8) is 0 Å². The molecular weight excluding hydrogens is 362 g/mol. The van der Waals surface area contributed by atoms with E-state index in [2.05, 4.69) is 10.6 Å². The molecule has 0 saturated carbocycles. The molecule has 0 fully saturated rings. The summed E-state index contributed by atoms with van der Waals surface area (Å²) in [6.07, 6.45) is 0. The van der Waals surface area contributed by atoms with Crippen LogP contribution in [0.2, 0.25) is 0 Å². The fourth-order valence-electron chi connectivity index (χ4n) is 2.38. The van der Waals surface area contributed by atoms with Gasteiger partial charge in [0.15, 0.2) is 5.11 Å². The van der Waals surface area contributed by atoms with E-state index in [1.165, 1.54) is 12.1 Å². The molecule has 27 heavy (non-hydrogen) atoms. The van der Waals surface area contributed by atoms with Crippen LogP contribution in [0.25, 0.3) is 0 Å². The van der Waals surface area contributed by atoms with Gasteiger partial charge in [0, 0.05) is 17.8 Å². The summed E-state index contributed by atoms with van der Waals surface area (Å²) in [4.78, 5) is 10.3. The minimum absolute atomic E-state index is 0.0269. The summed E-state index contributed by atoms with van der Waals surface area (Å²) in [5.41, 5.74) is 2.48. The maximum atomic E-state index is 10.7. The molecule has 0 aliphatic carbocycles. The molecule has 7 heteroatoms. The van der Waals surface area contributed by atoms with E-state index < -0.39 is 4.92 Å². The van der Waals surface area contributed by atoms with Crippen molar-refractivity contribution < 1.29 is 9.66 Å². The van der Waals surface area contributed by atoms with Gasteiger partial charge in [0.2, 0.25) is 0 Å². The summed E-state index contributed by atoms with van der Waals surface area (Å²) in [7, 11) is 0. The maximum absolute atomic E-state index is 10.7. The monoisotopic (exact) mass is 379 g/mol. The van der Waals surface area contributed by atoms with Crippen LogP contribution in [0.3, 0.4) is 0 Å². The Kier molecular flexibility index (Phi) is 5.96. The van der Waals surface area contributed by atoms with Crippen molar-refractivity contribution >= 4 is 34.4 Å². The van der Waals surface area contributed by atoms with Crippen molar-refractivity contribution in [2.24, 2.45) is 0 Å². The zero-order chi connectivity index (χ0) is 19.1. The minimum Gasteiger partial charge on any atom is -0.487 e. The highest BCUT2D eigenvalue weighted by molar-refractivity contribution is 7.80. The second kappa shape index (κ2) is 8.77. The zero-order valence-corrected chi connectivity index (χ0v) is 15.1. The summed E-state index contributed by atoms with van der Waals surface area (Å²) in [5.74, 6) is 0.675. The van der Waals surface area contributed by atoms with Gasteiger partial charge in [0.05, 0.1) is 10.6 Å². The first-order valence-electron chi connectivity index (χ1n) is 8.20. The van der Waals surface area contributed by atoms with E-state index in [0.717, 1.165) is 11.3 Å². The van der Waals surface area contributed by atoms with Crippen molar-refractivity contribution in [2.75, 3.05) is 10.6 Å². The molecule has 0 unspecified atom stereocenters. The second-order valence-electron chi connectivity index (χ2n) is 5.65. The Balaban J connectivity index is 1.63. The zero-order valence-electron chi connectivity index (χ0n) is 14.3. The third-order valence-corrected chi connectivity index (χ3v) is 3.91. The summed E-state index contributed by atoms with van der Waals surface area (Å²) < 4.78 is 5.89. The van der Waals surface area contributed by atoms with Crippen LogP contribution >= 0.6 is 12.2 Å². The lowest BCUT2D eigenvalue weighted by Gasteiger charge is -2.15. The van der Waals surface area contributed by atoms with Gasteiger partial charge in [-0.3, -0.25) is 10.1 Å². The molecule has 0 aromatic heterocycles. The molecule has 0 amide bonds. The van der Waals surface area contributed by atoms with Crippen LogP contribution in [0.1, 0.15) is 5.56 Å². The Morgan fingerprint density at radius 2 is 1.59 bits per heavy atom. The number of hydrogen-bond donors (Lipinski definition) is 2. The van der Waals surface area contributed by atoms with Gasteiger partial charge in [-0.1, -0.05) is 42.5 Å². The average Bonchev–Trinajstić information content (AvgIpc) is 2.68. The number of nitro benzene ring substituents is 1. The number of anilines is 2. The van der Waals surface area contributed by atoms with Gasteiger partial charge in [-0.2, -0.15) is 0 Å². The third kappa shape index (κ3) is 5.26. The number of para-hydroxylation sites is 2. The second-order valence-corrected chi connectivity index (χ2v) is 6.06. The van der Waals surface area contributed by atoms with Gasteiger partial charge in [-0.15, -0.1) is 0 Å². The molecule has 3 aromatic carbocycles. The van der Waals surface area contributed by atoms with E-state index in [0.29, 0.717) is 23.2 Å². The number of ether oxygens (including phenoxy) is 1. The lowest BCUT2D eigenvalue weighted by molar-refractivity contribution is -0.384. The van der Waals surface area contributed by atoms with Gasteiger partial charge in [-0.05, 0) is 42.0 Å². The Bertz CT molecular complexity index is 931. The normalized spacial score (nSPS) is 10.1. The van der Waals surface area contributed by atoms with E-state index in [1.807, 2.05) is 54.6 Å². The van der Waals surface area contributed by atoms with Crippen molar-refractivity contribution in [3.05, 3.63) is 94.5 Å². The van der Waals surface area contributed by atoms with Gasteiger partial charge >= 0.3 is 0 Å². The fraction of sp³-hybridized carbons (Fsp3) is 0.0500. The predicted octanol–water partition coefficient (Wildman–Crippen LogP) is 4.98.